The standard InChI is InChI=1S/C20H24N4O5S2/c25-20(19-18(7-14-30-19)31(28,29)23-8-2-1-3-9-23)22-12-10-21(11-13-22)16-5-4-6-17(15-16)24(26)27/h4-7,14-15H,1-3,8-13H2. The van der Waals surface area contributed by atoms with Crippen LogP contribution >= 0.6 is 11.3 Å². The molecule has 2 fully saturated rings. The molecular formula is C20H24N4O5S2. The van der Waals surface area contributed by atoms with Crippen LogP contribution in [-0.2, 0) is 10.0 Å². The number of carbonyl (C=O) groups excluding carboxylic acids is 1. The number of nitro groups is 1. The van der Waals surface area contributed by atoms with Crippen LogP contribution in [0.15, 0.2) is 40.6 Å². The fraction of sp³-hybridized carbons (Fsp3) is 0.450. The summed E-state index contributed by atoms with van der Waals surface area (Å²) in [5, 5.41) is 12.7. The first kappa shape index (κ1) is 21.7. The van der Waals surface area contributed by atoms with E-state index >= 15 is 0 Å². The highest BCUT2D eigenvalue weighted by Gasteiger charge is 2.33. The van der Waals surface area contributed by atoms with Crippen LogP contribution in [0.5, 0.6) is 0 Å². The number of nitro benzene ring substituents is 1. The summed E-state index contributed by atoms with van der Waals surface area (Å²) in [5.41, 5.74) is 0.771. The molecule has 2 aliphatic heterocycles. The zero-order chi connectivity index (χ0) is 22.0. The van der Waals surface area contributed by atoms with Crippen molar-refractivity contribution in [3.63, 3.8) is 0 Å². The fourth-order valence-corrected chi connectivity index (χ4v) is 6.89. The van der Waals surface area contributed by atoms with Crippen molar-refractivity contribution in [3.05, 3.63) is 50.7 Å². The van der Waals surface area contributed by atoms with Crippen LogP contribution < -0.4 is 4.90 Å². The molecule has 3 heterocycles. The van der Waals surface area contributed by atoms with Crippen LogP contribution in [0.2, 0.25) is 0 Å². The van der Waals surface area contributed by atoms with E-state index in [4.69, 9.17) is 0 Å². The number of non-ortho nitro benzene ring substituents is 1. The Morgan fingerprint density at radius 3 is 2.39 bits per heavy atom. The van der Waals surface area contributed by atoms with Gasteiger partial charge >= 0.3 is 0 Å². The van der Waals surface area contributed by atoms with Gasteiger partial charge in [0.05, 0.1) is 4.92 Å². The lowest BCUT2D eigenvalue weighted by atomic mass is 10.2. The molecule has 2 saturated heterocycles. The smallest absolute Gasteiger partial charge is 0.271 e. The van der Waals surface area contributed by atoms with Gasteiger partial charge in [0.2, 0.25) is 10.0 Å². The van der Waals surface area contributed by atoms with Crippen molar-refractivity contribution in [2.24, 2.45) is 0 Å². The summed E-state index contributed by atoms with van der Waals surface area (Å²) in [5.74, 6) is -0.274. The number of benzene rings is 1. The molecule has 0 saturated carbocycles. The first-order valence-electron chi connectivity index (χ1n) is 10.2. The largest absolute Gasteiger partial charge is 0.368 e. The van der Waals surface area contributed by atoms with E-state index in [0.717, 1.165) is 36.3 Å². The van der Waals surface area contributed by atoms with Crippen LogP contribution in [-0.4, -0.2) is 67.7 Å². The third-order valence-electron chi connectivity index (χ3n) is 5.73. The van der Waals surface area contributed by atoms with Crippen molar-refractivity contribution in [3.8, 4) is 0 Å². The third kappa shape index (κ3) is 4.43. The minimum absolute atomic E-state index is 0.0298. The van der Waals surface area contributed by atoms with Gasteiger partial charge in [-0.05, 0) is 30.4 Å². The Balaban J connectivity index is 1.46. The Hall–Kier alpha value is -2.50. The lowest BCUT2D eigenvalue weighted by molar-refractivity contribution is -0.384. The number of nitrogens with zero attached hydrogens (tertiary/aromatic N) is 4. The van der Waals surface area contributed by atoms with Crippen molar-refractivity contribution < 1.29 is 18.1 Å². The molecule has 31 heavy (non-hydrogen) atoms. The SMILES string of the molecule is O=C(c1sccc1S(=O)(=O)N1CCCCC1)N1CCN(c2cccc([N+](=O)[O-])c2)CC1. The number of thiophene rings is 1. The summed E-state index contributed by atoms with van der Waals surface area (Å²) < 4.78 is 27.6. The van der Waals surface area contributed by atoms with Gasteiger partial charge in [-0.1, -0.05) is 12.5 Å². The third-order valence-corrected chi connectivity index (χ3v) is 8.70. The average Bonchev–Trinajstić information content (AvgIpc) is 3.30. The number of anilines is 1. The molecule has 9 nitrogen and oxygen atoms in total. The highest BCUT2D eigenvalue weighted by atomic mass is 32.2. The van der Waals surface area contributed by atoms with Crippen molar-refractivity contribution in [1.29, 1.82) is 0 Å². The predicted molar refractivity (Wildman–Crippen MR) is 118 cm³/mol. The Bertz CT molecular complexity index is 1070. The van der Waals surface area contributed by atoms with Gasteiger partial charge in [-0.25, -0.2) is 8.42 Å². The number of carbonyl (C=O) groups is 1. The number of hydrogen-bond acceptors (Lipinski definition) is 7. The number of amides is 1. The topological polar surface area (TPSA) is 104 Å². The van der Waals surface area contributed by atoms with Gasteiger partial charge in [-0.15, -0.1) is 11.3 Å². The van der Waals surface area contributed by atoms with Crippen LogP contribution in [0.4, 0.5) is 11.4 Å². The molecule has 2 aromatic rings. The van der Waals surface area contributed by atoms with Crippen molar-refractivity contribution in [1.82, 2.24) is 9.21 Å². The summed E-state index contributed by atoms with van der Waals surface area (Å²) in [7, 11) is -3.68. The second-order valence-electron chi connectivity index (χ2n) is 7.63. The van der Waals surface area contributed by atoms with Crippen molar-refractivity contribution >= 4 is 38.6 Å². The molecule has 0 unspecified atom stereocenters. The van der Waals surface area contributed by atoms with E-state index in [-0.39, 0.29) is 21.4 Å². The zero-order valence-electron chi connectivity index (χ0n) is 17.0. The van der Waals surface area contributed by atoms with Gasteiger partial charge in [-0.2, -0.15) is 4.31 Å². The molecule has 0 radical (unpaired) electrons. The minimum atomic E-state index is -3.68. The minimum Gasteiger partial charge on any atom is -0.368 e. The van der Waals surface area contributed by atoms with Crippen molar-refractivity contribution in [2.75, 3.05) is 44.2 Å². The highest BCUT2D eigenvalue weighted by molar-refractivity contribution is 7.89. The van der Waals surface area contributed by atoms with E-state index in [0.29, 0.717) is 39.3 Å². The Kier molecular flexibility index (Phi) is 6.26. The Morgan fingerprint density at radius 2 is 1.71 bits per heavy atom. The first-order valence-corrected chi connectivity index (χ1v) is 12.6. The maximum Gasteiger partial charge on any atom is 0.271 e. The Morgan fingerprint density at radius 1 is 1.00 bits per heavy atom. The number of piperidine rings is 1. The van der Waals surface area contributed by atoms with Gasteiger partial charge in [0.25, 0.3) is 11.6 Å². The molecular weight excluding hydrogens is 440 g/mol. The maximum absolute atomic E-state index is 13.1. The van der Waals surface area contributed by atoms with Gasteiger partial charge < -0.3 is 9.80 Å². The molecule has 1 aromatic heterocycles. The van der Waals surface area contributed by atoms with Crippen LogP contribution in [0.3, 0.4) is 0 Å². The summed E-state index contributed by atoms with van der Waals surface area (Å²) in [6, 6.07) is 7.97. The second-order valence-corrected chi connectivity index (χ2v) is 10.5. The number of hydrogen-bond donors (Lipinski definition) is 0. The quantitative estimate of drug-likeness (QED) is 0.498. The van der Waals surface area contributed by atoms with E-state index in [1.54, 1.807) is 16.3 Å². The van der Waals surface area contributed by atoms with E-state index in [1.165, 1.54) is 22.5 Å². The average molecular weight is 465 g/mol. The normalized spacial score (nSPS) is 18.2. The van der Waals surface area contributed by atoms with Gasteiger partial charge in [0, 0.05) is 57.1 Å². The summed E-state index contributed by atoms with van der Waals surface area (Å²) in [6.07, 6.45) is 2.70. The molecule has 0 spiro atoms. The van der Waals surface area contributed by atoms with Crippen LogP contribution in [0.25, 0.3) is 0 Å². The monoisotopic (exact) mass is 464 g/mol. The molecule has 0 atom stereocenters. The van der Waals surface area contributed by atoms with Gasteiger partial charge in [0.1, 0.15) is 9.77 Å². The van der Waals surface area contributed by atoms with E-state index in [1.807, 2.05) is 11.0 Å². The first-order chi connectivity index (χ1) is 14.9. The van der Waals surface area contributed by atoms with Gasteiger partial charge in [0.15, 0.2) is 0 Å². The Labute approximate surface area is 185 Å². The molecule has 11 heteroatoms. The predicted octanol–water partition coefficient (Wildman–Crippen LogP) is 2.79. The second kappa shape index (κ2) is 8.93. The molecule has 0 bridgehead atoms. The lowest BCUT2D eigenvalue weighted by Crippen LogP contribution is -2.49. The van der Waals surface area contributed by atoms with E-state index in [9.17, 15) is 23.3 Å². The number of rotatable bonds is 5. The molecule has 0 N–H and O–H groups in total. The van der Waals surface area contributed by atoms with Crippen LogP contribution in [0.1, 0.15) is 28.9 Å². The number of piperazine rings is 1. The van der Waals surface area contributed by atoms with Crippen molar-refractivity contribution in [2.45, 2.75) is 24.2 Å². The summed E-state index contributed by atoms with van der Waals surface area (Å²) in [6.45, 7) is 2.87. The lowest BCUT2D eigenvalue weighted by Gasteiger charge is -2.36. The molecule has 0 aliphatic carbocycles. The molecule has 4 rings (SSSR count). The van der Waals surface area contributed by atoms with E-state index in [2.05, 4.69) is 0 Å². The zero-order valence-corrected chi connectivity index (χ0v) is 18.6. The fourth-order valence-electron chi connectivity index (χ4n) is 4.02. The molecule has 166 valence electrons. The van der Waals surface area contributed by atoms with Crippen LogP contribution in [0, 0.1) is 10.1 Å². The molecule has 1 amide bonds. The summed E-state index contributed by atoms with van der Waals surface area (Å²) >= 11 is 1.16. The van der Waals surface area contributed by atoms with E-state index < -0.39 is 14.9 Å². The highest BCUT2D eigenvalue weighted by Crippen LogP contribution is 2.29. The molecule has 2 aliphatic rings. The van der Waals surface area contributed by atoms with Gasteiger partial charge in [-0.3, -0.25) is 14.9 Å². The number of sulfonamides is 1. The molecule has 1 aromatic carbocycles. The summed E-state index contributed by atoms with van der Waals surface area (Å²) in [4.78, 5) is 27.8. The maximum atomic E-state index is 13.1.